The van der Waals surface area contributed by atoms with Gasteiger partial charge in [0.15, 0.2) is 0 Å². The maximum absolute atomic E-state index is 4.49. The van der Waals surface area contributed by atoms with Gasteiger partial charge in [-0.3, -0.25) is 0 Å². The zero-order valence-electron chi connectivity index (χ0n) is 10.8. The Bertz CT molecular complexity index is 468. The molecule has 0 amide bonds. The highest BCUT2D eigenvalue weighted by Crippen LogP contribution is 2.21. The molecule has 18 heavy (non-hydrogen) atoms. The molecular weight excluding hydrogens is 240 g/mol. The number of hydrogen-bond donors (Lipinski definition) is 1. The Kier molecular flexibility index (Phi) is 4.79. The lowest BCUT2D eigenvalue weighted by Gasteiger charge is -2.10. The zero-order valence-corrected chi connectivity index (χ0v) is 11.6. The third-order valence-corrected chi connectivity index (χ3v) is 3.94. The lowest BCUT2D eigenvalue weighted by molar-refractivity contribution is 0.648. The minimum atomic E-state index is 0.352. The molecule has 2 aromatic rings. The summed E-state index contributed by atoms with van der Waals surface area (Å²) in [7, 11) is 1.96. The molecule has 1 unspecified atom stereocenters. The molecule has 94 valence electrons. The number of rotatable bonds is 5. The normalized spacial score (nSPS) is 12.3. The molecule has 0 saturated carbocycles. The molecule has 0 spiro atoms. The number of benzene rings is 1. The Labute approximate surface area is 113 Å². The quantitative estimate of drug-likeness (QED) is 0.829. The van der Waals surface area contributed by atoms with Gasteiger partial charge < -0.3 is 5.32 Å². The van der Waals surface area contributed by atoms with Crippen LogP contribution in [0.1, 0.15) is 24.1 Å². The highest BCUT2D eigenvalue weighted by Gasteiger charge is 2.03. The standard InChI is InChI=1S/C15H18N2S/c1-12(16-2)14-8-9-15(17-10-14)18-11-13-6-4-3-5-7-13/h3-10,12,16H,11H2,1-2H3. The number of hydrogen-bond acceptors (Lipinski definition) is 3. The largest absolute Gasteiger partial charge is 0.313 e. The van der Waals surface area contributed by atoms with Crippen molar-refractivity contribution in [3.05, 3.63) is 59.8 Å². The number of nitrogens with zero attached hydrogens (tertiary/aromatic N) is 1. The van der Waals surface area contributed by atoms with Gasteiger partial charge in [-0.1, -0.05) is 36.4 Å². The van der Waals surface area contributed by atoms with Crippen molar-refractivity contribution in [1.82, 2.24) is 10.3 Å². The Morgan fingerprint density at radius 3 is 2.56 bits per heavy atom. The average Bonchev–Trinajstić information content (AvgIpc) is 2.46. The Hall–Kier alpha value is -1.32. The maximum atomic E-state index is 4.49. The van der Waals surface area contributed by atoms with Crippen molar-refractivity contribution >= 4 is 11.8 Å². The first kappa shape index (κ1) is 13.1. The summed E-state index contributed by atoms with van der Waals surface area (Å²) in [6.45, 7) is 2.13. The predicted octanol–water partition coefficient (Wildman–Crippen LogP) is 3.65. The van der Waals surface area contributed by atoms with E-state index in [0.717, 1.165) is 10.8 Å². The van der Waals surface area contributed by atoms with E-state index in [1.165, 1.54) is 11.1 Å². The molecule has 0 aliphatic carbocycles. The van der Waals surface area contributed by atoms with Gasteiger partial charge >= 0.3 is 0 Å². The molecular formula is C15H18N2S. The van der Waals surface area contributed by atoms with Crippen LogP contribution < -0.4 is 5.32 Å². The van der Waals surface area contributed by atoms with E-state index in [1.54, 1.807) is 11.8 Å². The highest BCUT2D eigenvalue weighted by atomic mass is 32.2. The monoisotopic (exact) mass is 258 g/mol. The first-order valence-corrected chi connectivity index (χ1v) is 7.08. The van der Waals surface area contributed by atoms with Crippen molar-refractivity contribution in [2.24, 2.45) is 0 Å². The molecule has 2 rings (SSSR count). The van der Waals surface area contributed by atoms with E-state index >= 15 is 0 Å². The molecule has 0 saturated heterocycles. The number of pyridine rings is 1. The molecule has 1 aromatic carbocycles. The summed E-state index contributed by atoms with van der Waals surface area (Å²) in [5, 5.41) is 4.29. The van der Waals surface area contributed by atoms with Gasteiger partial charge in [-0.2, -0.15) is 0 Å². The fourth-order valence-electron chi connectivity index (χ4n) is 1.63. The number of nitrogens with one attached hydrogen (secondary N) is 1. The predicted molar refractivity (Wildman–Crippen MR) is 77.7 cm³/mol. The van der Waals surface area contributed by atoms with E-state index in [9.17, 15) is 0 Å². The molecule has 3 heteroatoms. The second-order valence-corrected chi connectivity index (χ2v) is 5.21. The van der Waals surface area contributed by atoms with Crippen LogP contribution in [-0.4, -0.2) is 12.0 Å². The summed E-state index contributed by atoms with van der Waals surface area (Å²) >= 11 is 1.77. The lowest BCUT2D eigenvalue weighted by Crippen LogP contribution is -2.12. The molecule has 1 atom stereocenters. The molecule has 1 aromatic heterocycles. The Balaban J connectivity index is 1.94. The van der Waals surface area contributed by atoms with E-state index in [0.29, 0.717) is 6.04 Å². The van der Waals surface area contributed by atoms with E-state index in [4.69, 9.17) is 0 Å². The van der Waals surface area contributed by atoms with Crippen molar-refractivity contribution in [2.75, 3.05) is 7.05 Å². The van der Waals surface area contributed by atoms with Gasteiger partial charge in [-0.15, -0.1) is 11.8 Å². The van der Waals surface area contributed by atoms with E-state index in [1.807, 2.05) is 19.3 Å². The van der Waals surface area contributed by atoms with Crippen LogP contribution in [0.3, 0.4) is 0 Å². The van der Waals surface area contributed by atoms with Crippen LogP contribution in [0.15, 0.2) is 53.7 Å². The minimum Gasteiger partial charge on any atom is -0.313 e. The first-order valence-electron chi connectivity index (χ1n) is 6.09. The minimum absolute atomic E-state index is 0.352. The summed E-state index contributed by atoms with van der Waals surface area (Å²) in [6.07, 6.45) is 1.95. The van der Waals surface area contributed by atoms with Gasteiger partial charge in [0.25, 0.3) is 0 Å². The lowest BCUT2D eigenvalue weighted by atomic mass is 10.1. The first-order chi connectivity index (χ1) is 8.79. The van der Waals surface area contributed by atoms with Crippen LogP contribution in [0.25, 0.3) is 0 Å². The van der Waals surface area contributed by atoms with Crippen molar-refractivity contribution in [1.29, 1.82) is 0 Å². The molecule has 0 aliphatic heterocycles. The summed E-state index contributed by atoms with van der Waals surface area (Å²) in [5.74, 6) is 0.967. The van der Waals surface area contributed by atoms with Crippen molar-refractivity contribution in [3.8, 4) is 0 Å². The Morgan fingerprint density at radius 2 is 1.94 bits per heavy atom. The fourth-order valence-corrected chi connectivity index (χ4v) is 2.43. The third kappa shape index (κ3) is 3.59. The van der Waals surface area contributed by atoms with Gasteiger partial charge in [0, 0.05) is 18.0 Å². The van der Waals surface area contributed by atoms with E-state index < -0.39 is 0 Å². The Morgan fingerprint density at radius 1 is 1.17 bits per heavy atom. The van der Waals surface area contributed by atoms with Gasteiger partial charge in [-0.05, 0) is 31.2 Å². The third-order valence-electron chi connectivity index (χ3n) is 2.92. The molecule has 1 heterocycles. The topological polar surface area (TPSA) is 24.9 Å². The molecule has 0 aliphatic rings. The molecule has 1 N–H and O–H groups in total. The van der Waals surface area contributed by atoms with Crippen LogP contribution in [0.4, 0.5) is 0 Å². The van der Waals surface area contributed by atoms with Crippen molar-refractivity contribution in [3.63, 3.8) is 0 Å². The summed E-state index contributed by atoms with van der Waals surface area (Å²) < 4.78 is 0. The zero-order chi connectivity index (χ0) is 12.8. The summed E-state index contributed by atoms with van der Waals surface area (Å²) in [5.41, 5.74) is 2.55. The second kappa shape index (κ2) is 6.57. The summed E-state index contributed by atoms with van der Waals surface area (Å²) in [6, 6.07) is 15.1. The van der Waals surface area contributed by atoms with E-state index in [-0.39, 0.29) is 0 Å². The second-order valence-electron chi connectivity index (χ2n) is 4.21. The molecule has 0 bridgehead atoms. The van der Waals surface area contributed by atoms with E-state index in [2.05, 4.69) is 53.6 Å². The SMILES string of the molecule is CNC(C)c1ccc(SCc2ccccc2)nc1. The van der Waals surface area contributed by atoms with Gasteiger partial charge in [-0.25, -0.2) is 4.98 Å². The molecule has 0 radical (unpaired) electrons. The smallest absolute Gasteiger partial charge is 0.0963 e. The molecule has 2 nitrogen and oxygen atoms in total. The number of thioether (sulfide) groups is 1. The van der Waals surface area contributed by atoms with Crippen LogP contribution in [0, 0.1) is 0 Å². The van der Waals surface area contributed by atoms with Crippen LogP contribution in [0.5, 0.6) is 0 Å². The van der Waals surface area contributed by atoms with Gasteiger partial charge in [0.1, 0.15) is 0 Å². The fraction of sp³-hybridized carbons (Fsp3) is 0.267. The highest BCUT2D eigenvalue weighted by molar-refractivity contribution is 7.98. The van der Waals surface area contributed by atoms with Gasteiger partial charge in [0.05, 0.1) is 5.03 Å². The van der Waals surface area contributed by atoms with Crippen molar-refractivity contribution < 1.29 is 0 Å². The average molecular weight is 258 g/mol. The van der Waals surface area contributed by atoms with Crippen molar-refractivity contribution in [2.45, 2.75) is 23.7 Å². The maximum Gasteiger partial charge on any atom is 0.0963 e. The van der Waals surface area contributed by atoms with Crippen LogP contribution >= 0.6 is 11.8 Å². The van der Waals surface area contributed by atoms with Crippen LogP contribution in [-0.2, 0) is 5.75 Å². The number of aromatic nitrogens is 1. The summed E-state index contributed by atoms with van der Waals surface area (Å²) in [4.78, 5) is 4.49. The van der Waals surface area contributed by atoms with Gasteiger partial charge in [0.2, 0.25) is 0 Å². The molecule has 0 fully saturated rings. The van der Waals surface area contributed by atoms with Crippen LogP contribution in [0.2, 0.25) is 0 Å².